The fraction of sp³-hybridized carbons (Fsp3) is 0.542. The first-order valence-corrected chi connectivity index (χ1v) is 13.7. The van der Waals surface area contributed by atoms with Gasteiger partial charge in [-0.05, 0) is 57.2 Å². The van der Waals surface area contributed by atoms with Crippen LogP contribution in [0, 0.1) is 12.8 Å². The van der Waals surface area contributed by atoms with E-state index in [-0.39, 0.29) is 41.9 Å². The number of nitrogens with one attached hydrogen (secondary N) is 1. The molecular weight excluding hydrogens is 486 g/mol. The van der Waals surface area contributed by atoms with Gasteiger partial charge >= 0.3 is 0 Å². The molecular formula is C24H33N5O6S. The monoisotopic (exact) mass is 519 g/mol. The van der Waals surface area contributed by atoms with Gasteiger partial charge in [0, 0.05) is 19.5 Å². The van der Waals surface area contributed by atoms with Gasteiger partial charge in [0.25, 0.3) is 5.56 Å². The Hall–Kier alpha value is -2.80. The molecule has 1 saturated heterocycles. The SMILES string of the molecule is CCCc1nc(C)c2c(=O)[nH]c(-c3cc(S(=O)(=O)N4CCC([C@H](O)CO)CC4)ccc3OCC)nn12. The van der Waals surface area contributed by atoms with Crippen molar-refractivity contribution in [3.05, 3.63) is 40.1 Å². The Balaban J connectivity index is 1.76. The van der Waals surface area contributed by atoms with E-state index in [0.717, 1.165) is 6.42 Å². The fourth-order valence-corrected chi connectivity index (χ4v) is 6.17. The average Bonchev–Trinajstić information content (AvgIpc) is 3.19. The van der Waals surface area contributed by atoms with Gasteiger partial charge in [-0.25, -0.2) is 17.9 Å². The molecule has 4 rings (SSSR count). The Kier molecular flexibility index (Phi) is 7.79. The minimum atomic E-state index is -3.85. The normalized spacial score (nSPS) is 16.5. The third-order valence-electron chi connectivity index (χ3n) is 6.59. The van der Waals surface area contributed by atoms with Crippen molar-refractivity contribution in [2.45, 2.75) is 57.5 Å². The molecule has 1 aliphatic heterocycles. The zero-order chi connectivity index (χ0) is 26.0. The van der Waals surface area contributed by atoms with Crippen LogP contribution in [0.2, 0.25) is 0 Å². The summed E-state index contributed by atoms with van der Waals surface area (Å²) in [5, 5.41) is 23.7. The molecule has 3 aromatic rings. The summed E-state index contributed by atoms with van der Waals surface area (Å²) < 4.78 is 35.6. The molecule has 0 saturated carbocycles. The van der Waals surface area contributed by atoms with Crippen LogP contribution in [-0.4, -0.2) is 74.9 Å². The zero-order valence-corrected chi connectivity index (χ0v) is 21.6. The summed E-state index contributed by atoms with van der Waals surface area (Å²) >= 11 is 0. The maximum atomic E-state index is 13.5. The van der Waals surface area contributed by atoms with E-state index in [0.29, 0.717) is 54.2 Å². The summed E-state index contributed by atoms with van der Waals surface area (Å²) in [5.74, 6) is 1.10. The first-order chi connectivity index (χ1) is 17.2. The van der Waals surface area contributed by atoms with Crippen molar-refractivity contribution in [3.63, 3.8) is 0 Å². The fourth-order valence-electron chi connectivity index (χ4n) is 4.68. The van der Waals surface area contributed by atoms with E-state index in [2.05, 4.69) is 15.1 Å². The molecule has 0 amide bonds. The summed E-state index contributed by atoms with van der Waals surface area (Å²) in [4.78, 5) is 20.3. The number of sulfonamides is 1. The number of aromatic amines is 1. The quantitative estimate of drug-likeness (QED) is 0.385. The van der Waals surface area contributed by atoms with E-state index < -0.39 is 16.1 Å². The number of hydrogen-bond acceptors (Lipinski definition) is 8. The Labute approximate surface area is 209 Å². The predicted molar refractivity (Wildman–Crippen MR) is 134 cm³/mol. The number of aliphatic hydroxyl groups is 2. The van der Waals surface area contributed by atoms with E-state index in [4.69, 9.17) is 4.74 Å². The number of nitrogens with zero attached hydrogens (tertiary/aromatic N) is 4. The van der Waals surface area contributed by atoms with Gasteiger partial charge in [0.05, 0.1) is 35.5 Å². The van der Waals surface area contributed by atoms with Gasteiger partial charge in [0.2, 0.25) is 10.0 Å². The molecule has 11 nitrogen and oxygen atoms in total. The van der Waals surface area contributed by atoms with Crippen LogP contribution in [0.3, 0.4) is 0 Å². The molecule has 0 bridgehead atoms. The third-order valence-corrected chi connectivity index (χ3v) is 8.48. The van der Waals surface area contributed by atoms with Gasteiger partial charge in [-0.15, -0.1) is 5.10 Å². The lowest BCUT2D eigenvalue weighted by Gasteiger charge is -2.33. The minimum absolute atomic E-state index is 0.0560. The van der Waals surface area contributed by atoms with Gasteiger partial charge in [-0.1, -0.05) is 6.92 Å². The van der Waals surface area contributed by atoms with Crippen molar-refractivity contribution in [3.8, 4) is 17.1 Å². The molecule has 0 aliphatic carbocycles. The maximum absolute atomic E-state index is 13.5. The van der Waals surface area contributed by atoms with E-state index >= 15 is 0 Å². The number of aliphatic hydroxyl groups excluding tert-OH is 2. The number of aromatic nitrogens is 4. The van der Waals surface area contributed by atoms with Crippen molar-refractivity contribution in [2.75, 3.05) is 26.3 Å². The molecule has 2 aromatic heterocycles. The van der Waals surface area contributed by atoms with Crippen LogP contribution in [0.15, 0.2) is 27.9 Å². The van der Waals surface area contributed by atoms with E-state index in [1.807, 2.05) is 13.8 Å². The molecule has 1 aliphatic rings. The van der Waals surface area contributed by atoms with Crippen molar-refractivity contribution in [1.29, 1.82) is 0 Å². The number of benzene rings is 1. The minimum Gasteiger partial charge on any atom is -0.493 e. The lowest BCUT2D eigenvalue weighted by Crippen LogP contribution is -2.41. The number of piperidine rings is 1. The van der Waals surface area contributed by atoms with Crippen LogP contribution in [0.1, 0.15) is 44.6 Å². The molecule has 1 atom stereocenters. The van der Waals surface area contributed by atoms with Gasteiger partial charge in [-0.2, -0.15) is 4.31 Å². The highest BCUT2D eigenvalue weighted by molar-refractivity contribution is 7.89. The van der Waals surface area contributed by atoms with Gasteiger partial charge in [-0.3, -0.25) is 4.79 Å². The number of ether oxygens (including phenoxy) is 1. The molecule has 0 spiro atoms. The second kappa shape index (κ2) is 10.7. The number of hydrogen-bond donors (Lipinski definition) is 3. The van der Waals surface area contributed by atoms with E-state index in [1.54, 1.807) is 13.0 Å². The second-order valence-corrected chi connectivity index (χ2v) is 10.9. The first kappa shape index (κ1) is 26.3. The molecule has 3 heterocycles. The highest BCUT2D eigenvalue weighted by Gasteiger charge is 2.32. The van der Waals surface area contributed by atoms with Crippen LogP contribution in [0.4, 0.5) is 0 Å². The van der Waals surface area contributed by atoms with Gasteiger partial charge in [0.15, 0.2) is 11.3 Å². The van der Waals surface area contributed by atoms with Crippen LogP contribution < -0.4 is 10.3 Å². The second-order valence-electron chi connectivity index (χ2n) is 9.01. The summed E-state index contributed by atoms with van der Waals surface area (Å²) in [6.07, 6.45) is 1.52. The smallest absolute Gasteiger partial charge is 0.277 e. The summed E-state index contributed by atoms with van der Waals surface area (Å²) in [5.41, 5.74) is 0.926. The van der Waals surface area contributed by atoms with Crippen LogP contribution in [-0.2, 0) is 16.4 Å². The topological polar surface area (TPSA) is 150 Å². The Morgan fingerprint density at radius 3 is 2.61 bits per heavy atom. The molecule has 1 fully saturated rings. The third kappa shape index (κ3) is 4.90. The molecule has 12 heteroatoms. The Bertz CT molecular complexity index is 1390. The molecule has 3 N–H and O–H groups in total. The predicted octanol–water partition coefficient (Wildman–Crippen LogP) is 1.50. The van der Waals surface area contributed by atoms with Gasteiger partial charge in [0.1, 0.15) is 11.6 Å². The van der Waals surface area contributed by atoms with Crippen molar-refractivity contribution >= 4 is 15.5 Å². The Morgan fingerprint density at radius 2 is 1.97 bits per heavy atom. The van der Waals surface area contributed by atoms with Crippen molar-refractivity contribution in [2.24, 2.45) is 5.92 Å². The highest BCUT2D eigenvalue weighted by Crippen LogP contribution is 2.33. The summed E-state index contributed by atoms with van der Waals surface area (Å²) in [6.45, 7) is 6.07. The van der Waals surface area contributed by atoms with E-state index in [1.165, 1.54) is 21.0 Å². The number of aryl methyl sites for hydroxylation is 2. The van der Waals surface area contributed by atoms with Crippen molar-refractivity contribution < 1.29 is 23.4 Å². The number of H-pyrrole nitrogens is 1. The first-order valence-electron chi connectivity index (χ1n) is 12.3. The van der Waals surface area contributed by atoms with E-state index in [9.17, 15) is 23.4 Å². The largest absolute Gasteiger partial charge is 0.493 e. The van der Waals surface area contributed by atoms with Crippen molar-refractivity contribution in [1.82, 2.24) is 23.9 Å². The van der Waals surface area contributed by atoms with Crippen LogP contribution in [0.5, 0.6) is 5.75 Å². The standard InChI is InChI=1S/C24H33N5O6S/c1-4-6-21-25-15(3)22-24(32)26-23(27-29(21)22)18-13-17(7-8-20(18)35-5-2)36(33,34)28-11-9-16(10-12-28)19(31)14-30/h7-8,13,16,19,30-31H,4-6,9-12,14H2,1-3H3,(H,26,27,32)/t19-/m1/s1. The molecule has 0 radical (unpaired) electrons. The molecule has 36 heavy (non-hydrogen) atoms. The highest BCUT2D eigenvalue weighted by atomic mass is 32.2. The number of rotatable bonds is 9. The van der Waals surface area contributed by atoms with Gasteiger partial charge < -0.3 is 19.9 Å². The lowest BCUT2D eigenvalue weighted by molar-refractivity contribution is 0.0278. The zero-order valence-electron chi connectivity index (χ0n) is 20.8. The molecule has 196 valence electrons. The number of imidazole rings is 1. The molecule has 0 unspecified atom stereocenters. The maximum Gasteiger partial charge on any atom is 0.277 e. The summed E-state index contributed by atoms with van der Waals surface area (Å²) in [7, 11) is -3.85. The molecule has 1 aromatic carbocycles. The average molecular weight is 520 g/mol. The summed E-state index contributed by atoms with van der Waals surface area (Å²) in [6, 6.07) is 4.53. The number of fused-ring (bicyclic) bond motifs is 1. The van der Waals surface area contributed by atoms with Crippen LogP contribution >= 0.6 is 0 Å². The lowest BCUT2D eigenvalue weighted by atomic mass is 9.93. The van der Waals surface area contributed by atoms with Crippen LogP contribution in [0.25, 0.3) is 16.9 Å². The Morgan fingerprint density at radius 1 is 1.25 bits per heavy atom.